The van der Waals surface area contributed by atoms with E-state index in [1.54, 1.807) is 66.9 Å². The number of ether oxygens (including phenoxy) is 2. The summed E-state index contributed by atoms with van der Waals surface area (Å²) in [6.45, 7) is 1.12. The van der Waals surface area contributed by atoms with Gasteiger partial charge in [0.15, 0.2) is 21.3 Å². The molecule has 8 nitrogen and oxygen atoms in total. The Morgan fingerprint density at radius 3 is 2.36 bits per heavy atom. The Morgan fingerprint density at radius 2 is 1.67 bits per heavy atom. The highest BCUT2D eigenvalue weighted by atomic mass is 32.2. The summed E-state index contributed by atoms with van der Waals surface area (Å²) in [4.78, 5) is 4.78. The molecule has 2 fully saturated rings. The number of aromatic nitrogens is 2. The normalized spacial score (nSPS) is 19.7. The number of fused-ring (bicyclic) bond motifs is 1. The minimum absolute atomic E-state index is 0.0616. The quantitative estimate of drug-likeness (QED) is 0.336. The predicted octanol–water partition coefficient (Wildman–Crippen LogP) is 4.65. The van der Waals surface area contributed by atoms with Crippen LogP contribution < -0.4 is 0 Å². The zero-order chi connectivity index (χ0) is 27.3. The average molecular weight is 565 g/mol. The fourth-order valence-electron chi connectivity index (χ4n) is 5.50. The summed E-state index contributed by atoms with van der Waals surface area (Å²) < 4.78 is 65.6. The molecule has 3 heterocycles. The van der Waals surface area contributed by atoms with Crippen molar-refractivity contribution < 1.29 is 26.3 Å². The van der Waals surface area contributed by atoms with Gasteiger partial charge in [0, 0.05) is 36.3 Å². The summed E-state index contributed by atoms with van der Waals surface area (Å²) in [5, 5.41) is 0.677. The lowest BCUT2D eigenvalue weighted by Crippen LogP contribution is -2.25. The lowest BCUT2D eigenvalue weighted by atomic mass is 9.96. The number of allylic oxidation sites excluding steroid dienone is 1. The van der Waals surface area contributed by atoms with Crippen LogP contribution in [0.15, 0.2) is 94.9 Å². The first-order chi connectivity index (χ1) is 18.7. The number of rotatable bonds is 6. The number of hydrogen-bond donors (Lipinski definition) is 0. The molecule has 0 N–H and O–H groups in total. The van der Waals surface area contributed by atoms with Crippen molar-refractivity contribution in [1.29, 1.82) is 0 Å². The first kappa shape index (κ1) is 25.9. The van der Waals surface area contributed by atoms with E-state index in [1.165, 1.54) is 3.97 Å². The zero-order valence-electron chi connectivity index (χ0n) is 21.4. The van der Waals surface area contributed by atoms with Gasteiger partial charge in [-0.1, -0.05) is 36.4 Å². The Morgan fingerprint density at radius 1 is 0.949 bits per heavy atom. The van der Waals surface area contributed by atoms with Crippen molar-refractivity contribution in [2.24, 2.45) is 5.92 Å². The highest BCUT2D eigenvalue weighted by Crippen LogP contribution is 2.43. The van der Waals surface area contributed by atoms with E-state index >= 15 is 0 Å². The molecule has 1 atom stereocenters. The van der Waals surface area contributed by atoms with Crippen LogP contribution in [-0.2, 0) is 29.3 Å². The first-order valence-electron chi connectivity index (χ1n) is 12.7. The van der Waals surface area contributed by atoms with Gasteiger partial charge in [-0.2, -0.15) is 0 Å². The van der Waals surface area contributed by atoms with E-state index in [0.717, 1.165) is 19.1 Å². The van der Waals surface area contributed by atoms with Gasteiger partial charge in [0.25, 0.3) is 10.0 Å². The molecular weight excluding hydrogens is 536 g/mol. The van der Waals surface area contributed by atoms with Crippen LogP contribution in [0.3, 0.4) is 0 Å². The summed E-state index contributed by atoms with van der Waals surface area (Å²) in [5.41, 5.74) is 2.14. The summed E-state index contributed by atoms with van der Waals surface area (Å²) in [5.74, 6) is -0.539. The van der Waals surface area contributed by atoms with E-state index in [9.17, 15) is 16.8 Å². The molecule has 2 aromatic heterocycles. The third kappa shape index (κ3) is 4.82. The Hall–Kier alpha value is -3.31. The van der Waals surface area contributed by atoms with Crippen LogP contribution in [0.2, 0.25) is 0 Å². The lowest BCUT2D eigenvalue weighted by Gasteiger charge is -2.21. The molecule has 2 aromatic carbocycles. The molecule has 0 radical (unpaired) electrons. The average Bonchev–Trinajstić information content (AvgIpc) is 3.66. The largest absolute Gasteiger partial charge is 0.348 e. The third-order valence-corrected chi connectivity index (χ3v) is 10.2. The first-order valence-corrected chi connectivity index (χ1v) is 16.1. The Balaban J connectivity index is 1.56. The van der Waals surface area contributed by atoms with Gasteiger partial charge < -0.3 is 9.47 Å². The van der Waals surface area contributed by atoms with Crippen molar-refractivity contribution in [3.05, 3.63) is 96.3 Å². The number of hydrogen-bond acceptors (Lipinski definition) is 7. The number of pyridine rings is 1. The maximum Gasteiger partial charge on any atom is 0.269 e. The van der Waals surface area contributed by atoms with Crippen LogP contribution in [0.5, 0.6) is 0 Å². The van der Waals surface area contributed by atoms with Crippen molar-refractivity contribution in [2.75, 3.05) is 19.5 Å². The second-order valence-electron chi connectivity index (χ2n) is 10.0. The summed E-state index contributed by atoms with van der Waals surface area (Å²) in [6.07, 6.45) is 7.02. The predicted molar refractivity (Wildman–Crippen MR) is 147 cm³/mol. The number of benzene rings is 2. The summed E-state index contributed by atoms with van der Waals surface area (Å²) >= 11 is 0. The fraction of sp³-hybridized carbons (Fsp3) is 0.276. The van der Waals surface area contributed by atoms with Gasteiger partial charge >= 0.3 is 0 Å². The van der Waals surface area contributed by atoms with Crippen LogP contribution in [0, 0.1) is 5.92 Å². The molecule has 0 amide bonds. The van der Waals surface area contributed by atoms with Crippen LogP contribution in [0.1, 0.15) is 30.5 Å². The summed E-state index contributed by atoms with van der Waals surface area (Å²) in [6, 6.07) is 20.2. The molecule has 0 bridgehead atoms. The van der Waals surface area contributed by atoms with Crippen molar-refractivity contribution in [2.45, 2.75) is 34.8 Å². The Kier molecular flexibility index (Phi) is 6.46. The van der Waals surface area contributed by atoms with E-state index in [1.807, 2.05) is 12.1 Å². The van der Waals surface area contributed by atoms with Gasteiger partial charge in [0.2, 0.25) is 0 Å². The van der Waals surface area contributed by atoms with Gasteiger partial charge in [-0.05, 0) is 60.4 Å². The van der Waals surface area contributed by atoms with Crippen molar-refractivity contribution in [1.82, 2.24) is 8.96 Å². The van der Waals surface area contributed by atoms with Gasteiger partial charge in [-0.25, -0.2) is 25.8 Å². The highest BCUT2D eigenvalue weighted by Gasteiger charge is 2.43. The molecule has 1 spiro atoms. The van der Waals surface area contributed by atoms with Crippen LogP contribution in [0.4, 0.5) is 0 Å². The molecule has 1 unspecified atom stereocenters. The monoisotopic (exact) mass is 564 g/mol. The minimum Gasteiger partial charge on any atom is -0.348 e. The highest BCUT2D eigenvalue weighted by molar-refractivity contribution is 7.90. The number of nitrogens with zero attached hydrogens (tertiary/aromatic N) is 2. The molecular formula is C29H28N2O6S2. The Labute approximate surface area is 227 Å². The zero-order valence-corrected chi connectivity index (χ0v) is 23.0. The molecule has 1 saturated carbocycles. The van der Waals surface area contributed by atoms with Crippen LogP contribution >= 0.6 is 0 Å². The topological polar surface area (TPSA) is 105 Å². The van der Waals surface area contributed by atoms with Crippen molar-refractivity contribution >= 4 is 36.5 Å². The number of sulfone groups is 1. The van der Waals surface area contributed by atoms with Gasteiger partial charge in [0.1, 0.15) is 0 Å². The van der Waals surface area contributed by atoms with Crippen LogP contribution in [0.25, 0.3) is 16.6 Å². The van der Waals surface area contributed by atoms with Crippen LogP contribution in [-0.4, -0.2) is 51.0 Å². The van der Waals surface area contributed by atoms with Crippen molar-refractivity contribution in [3.63, 3.8) is 0 Å². The second kappa shape index (κ2) is 9.71. The van der Waals surface area contributed by atoms with Crippen molar-refractivity contribution in [3.8, 4) is 0 Å². The van der Waals surface area contributed by atoms with E-state index in [4.69, 9.17) is 9.47 Å². The molecule has 10 heteroatoms. The summed E-state index contributed by atoms with van der Waals surface area (Å²) in [7, 11) is -7.42. The fourth-order valence-corrected chi connectivity index (χ4v) is 7.63. The minimum atomic E-state index is -4.03. The molecule has 1 aliphatic heterocycles. The SMILES string of the molecule is CS(=O)(=O)c1ccc(/C(=C\C2CCC3(C2)OCCO3)c2cc3cccnc3n2S(=O)(=O)c2ccccc2)cc1. The second-order valence-corrected chi connectivity index (χ2v) is 13.8. The molecule has 1 aliphatic carbocycles. The van der Waals surface area contributed by atoms with Gasteiger partial charge in [0.05, 0.1) is 28.7 Å². The third-order valence-electron chi connectivity index (χ3n) is 7.36. The smallest absolute Gasteiger partial charge is 0.269 e. The Bertz CT molecular complexity index is 1770. The molecule has 39 heavy (non-hydrogen) atoms. The van der Waals surface area contributed by atoms with Gasteiger partial charge in [-0.3, -0.25) is 0 Å². The van der Waals surface area contributed by atoms with E-state index in [-0.39, 0.29) is 15.7 Å². The molecule has 6 rings (SSSR count). The molecule has 202 valence electrons. The van der Waals surface area contributed by atoms with E-state index in [0.29, 0.717) is 47.5 Å². The maximum absolute atomic E-state index is 14.1. The van der Waals surface area contributed by atoms with E-state index < -0.39 is 25.6 Å². The standard InChI is InChI=1S/C29H28N2O6S2/c1-38(32,33)24-11-9-22(10-12-24)26(18-21-13-14-29(20-21)36-16-17-37-29)27-19-23-6-5-15-30-28(23)31(27)39(34,35)25-7-3-2-4-8-25/h2-12,15,18-19,21H,13-14,16-17,20H2,1H3/b26-18+. The molecule has 2 aliphatic rings. The maximum atomic E-state index is 14.1. The van der Waals surface area contributed by atoms with E-state index in [2.05, 4.69) is 11.1 Å². The lowest BCUT2D eigenvalue weighted by molar-refractivity contribution is -0.151. The molecule has 4 aromatic rings. The molecule has 1 saturated heterocycles. The van der Waals surface area contributed by atoms with Gasteiger partial charge in [-0.15, -0.1) is 0 Å².